The number of nitrogens with zero attached hydrogens (tertiary/aromatic N) is 4. The Kier molecular flexibility index (Phi) is 2.69. The van der Waals surface area contributed by atoms with Crippen LogP contribution in [0.3, 0.4) is 0 Å². The summed E-state index contributed by atoms with van der Waals surface area (Å²) in [6, 6.07) is 8.68. The Morgan fingerprint density at radius 3 is 2.74 bits per heavy atom. The van der Waals surface area contributed by atoms with Crippen LogP contribution < -0.4 is 0 Å². The fourth-order valence-corrected chi connectivity index (χ4v) is 2.05. The van der Waals surface area contributed by atoms with Crippen LogP contribution in [-0.2, 0) is 6.42 Å². The molecule has 0 saturated carbocycles. The number of imidazole rings is 1. The van der Waals surface area contributed by atoms with Crippen LogP contribution in [0.2, 0.25) is 0 Å². The lowest BCUT2D eigenvalue weighted by Gasteiger charge is -2.00. The molecule has 0 amide bonds. The summed E-state index contributed by atoms with van der Waals surface area (Å²) in [6.07, 6.45) is 4.84. The third-order valence-electron chi connectivity index (χ3n) is 2.88. The second kappa shape index (κ2) is 4.50. The first kappa shape index (κ1) is 11.4. The first-order valence-electron chi connectivity index (χ1n) is 5.73. The van der Waals surface area contributed by atoms with Crippen molar-refractivity contribution >= 4 is 5.65 Å². The van der Waals surface area contributed by atoms with Gasteiger partial charge in [-0.2, -0.15) is 5.26 Å². The Bertz CT molecular complexity index is 771. The summed E-state index contributed by atoms with van der Waals surface area (Å²) < 4.78 is 14.9. The number of pyridine rings is 2. The van der Waals surface area contributed by atoms with Crippen molar-refractivity contribution in [2.24, 2.45) is 0 Å². The van der Waals surface area contributed by atoms with E-state index in [1.807, 2.05) is 12.1 Å². The van der Waals surface area contributed by atoms with Crippen LogP contribution >= 0.6 is 0 Å². The number of rotatable bonds is 2. The van der Waals surface area contributed by atoms with Crippen LogP contribution in [0, 0.1) is 17.1 Å². The van der Waals surface area contributed by atoms with E-state index in [0.29, 0.717) is 17.0 Å². The minimum Gasteiger partial charge on any atom is -0.299 e. The molecule has 0 spiro atoms. The van der Waals surface area contributed by atoms with Gasteiger partial charge in [0, 0.05) is 24.2 Å². The maximum absolute atomic E-state index is 13.3. The van der Waals surface area contributed by atoms with Crippen LogP contribution in [0.15, 0.2) is 42.9 Å². The molecule has 0 bridgehead atoms. The SMILES string of the molecule is N#CCc1c(-c2ccncc2)nc2ccc(F)cn12. The van der Waals surface area contributed by atoms with Crippen molar-refractivity contribution in [2.75, 3.05) is 0 Å². The zero-order chi connectivity index (χ0) is 13.2. The van der Waals surface area contributed by atoms with Gasteiger partial charge >= 0.3 is 0 Å². The van der Waals surface area contributed by atoms with E-state index in [1.165, 1.54) is 12.3 Å². The summed E-state index contributed by atoms with van der Waals surface area (Å²) >= 11 is 0. The largest absolute Gasteiger partial charge is 0.299 e. The summed E-state index contributed by atoms with van der Waals surface area (Å²) in [6.45, 7) is 0. The summed E-state index contributed by atoms with van der Waals surface area (Å²) in [5.41, 5.74) is 2.86. The highest BCUT2D eigenvalue weighted by Gasteiger charge is 2.13. The summed E-state index contributed by atoms with van der Waals surface area (Å²) in [5, 5.41) is 8.94. The van der Waals surface area contributed by atoms with Crippen LogP contribution in [-0.4, -0.2) is 14.4 Å². The maximum Gasteiger partial charge on any atom is 0.139 e. The number of fused-ring (bicyclic) bond motifs is 1. The van der Waals surface area contributed by atoms with Crippen molar-refractivity contribution in [1.82, 2.24) is 14.4 Å². The molecule has 0 aromatic carbocycles. The van der Waals surface area contributed by atoms with E-state index in [0.717, 1.165) is 5.56 Å². The van der Waals surface area contributed by atoms with Gasteiger partial charge in [-0.05, 0) is 24.3 Å². The summed E-state index contributed by atoms with van der Waals surface area (Å²) in [7, 11) is 0. The molecule has 0 fully saturated rings. The smallest absolute Gasteiger partial charge is 0.139 e. The lowest BCUT2D eigenvalue weighted by Crippen LogP contribution is -1.94. The third-order valence-corrected chi connectivity index (χ3v) is 2.88. The normalized spacial score (nSPS) is 10.5. The van der Waals surface area contributed by atoms with Crippen molar-refractivity contribution in [3.05, 3.63) is 54.4 Å². The Hall–Kier alpha value is -2.74. The van der Waals surface area contributed by atoms with Crippen molar-refractivity contribution in [1.29, 1.82) is 5.26 Å². The van der Waals surface area contributed by atoms with Crippen LogP contribution in [0.25, 0.3) is 16.9 Å². The van der Waals surface area contributed by atoms with E-state index < -0.39 is 0 Å². The van der Waals surface area contributed by atoms with E-state index in [4.69, 9.17) is 5.26 Å². The predicted molar refractivity (Wildman–Crippen MR) is 67.7 cm³/mol. The monoisotopic (exact) mass is 252 g/mol. The number of hydrogen-bond donors (Lipinski definition) is 0. The van der Waals surface area contributed by atoms with Gasteiger partial charge in [0.25, 0.3) is 0 Å². The van der Waals surface area contributed by atoms with E-state index in [-0.39, 0.29) is 12.2 Å². The number of aromatic nitrogens is 3. The molecule has 92 valence electrons. The van der Waals surface area contributed by atoms with Gasteiger partial charge in [-0.25, -0.2) is 9.37 Å². The molecule has 3 rings (SSSR count). The maximum atomic E-state index is 13.3. The molecule has 3 aromatic rings. The predicted octanol–water partition coefficient (Wildman–Crippen LogP) is 2.60. The quantitative estimate of drug-likeness (QED) is 0.704. The molecule has 0 N–H and O–H groups in total. The standard InChI is InChI=1S/C14H9FN4/c15-11-1-2-13-18-14(10-4-7-17-8-5-10)12(3-6-16)19(13)9-11/h1-2,4-5,7-9H,3H2. The highest BCUT2D eigenvalue weighted by Crippen LogP contribution is 2.24. The molecule has 19 heavy (non-hydrogen) atoms. The summed E-state index contributed by atoms with van der Waals surface area (Å²) in [5.74, 6) is -0.356. The number of nitriles is 1. The molecule has 5 heteroatoms. The lowest BCUT2D eigenvalue weighted by atomic mass is 10.1. The number of halogens is 1. The molecule has 0 radical (unpaired) electrons. The van der Waals surface area contributed by atoms with Crippen molar-refractivity contribution in [3.63, 3.8) is 0 Å². The van der Waals surface area contributed by atoms with Gasteiger partial charge < -0.3 is 0 Å². The van der Waals surface area contributed by atoms with Crippen molar-refractivity contribution < 1.29 is 4.39 Å². The van der Waals surface area contributed by atoms with Gasteiger partial charge in [-0.15, -0.1) is 0 Å². The Balaban J connectivity index is 2.30. The first-order chi connectivity index (χ1) is 9.29. The Morgan fingerprint density at radius 1 is 1.21 bits per heavy atom. The van der Waals surface area contributed by atoms with E-state index in [2.05, 4.69) is 16.0 Å². The Labute approximate surface area is 108 Å². The second-order valence-corrected chi connectivity index (χ2v) is 4.05. The third kappa shape index (κ3) is 1.93. The molecule has 0 aliphatic heterocycles. The molecule has 0 unspecified atom stereocenters. The minimum atomic E-state index is -0.356. The van der Waals surface area contributed by atoms with Crippen molar-refractivity contribution in [2.45, 2.75) is 6.42 Å². The van der Waals surface area contributed by atoms with Crippen LogP contribution in [0.4, 0.5) is 4.39 Å². The van der Waals surface area contributed by atoms with Crippen molar-refractivity contribution in [3.8, 4) is 17.3 Å². The molecule has 0 saturated heterocycles. The molecule has 4 nitrogen and oxygen atoms in total. The topological polar surface area (TPSA) is 54.0 Å². The van der Waals surface area contributed by atoms with E-state index in [1.54, 1.807) is 22.9 Å². The average molecular weight is 252 g/mol. The highest BCUT2D eigenvalue weighted by atomic mass is 19.1. The number of hydrogen-bond acceptors (Lipinski definition) is 3. The van der Waals surface area contributed by atoms with Gasteiger partial charge in [0.15, 0.2) is 0 Å². The van der Waals surface area contributed by atoms with E-state index in [9.17, 15) is 4.39 Å². The summed E-state index contributed by atoms with van der Waals surface area (Å²) in [4.78, 5) is 8.42. The molecule has 0 atom stereocenters. The van der Waals surface area contributed by atoms with Crippen LogP contribution in [0.1, 0.15) is 5.69 Å². The van der Waals surface area contributed by atoms with Gasteiger partial charge in [0.1, 0.15) is 11.5 Å². The highest BCUT2D eigenvalue weighted by molar-refractivity contribution is 5.66. The molecule has 0 aliphatic carbocycles. The fraction of sp³-hybridized carbons (Fsp3) is 0.0714. The van der Waals surface area contributed by atoms with Gasteiger partial charge in [-0.1, -0.05) is 0 Å². The van der Waals surface area contributed by atoms with E-state index >= 15 is 0 Å². The van der Waals surface area contributed by atoms with Gasteiger partial charge in [0.05, 0.1) is 23.9 Å². The molecule has 0 aliphatic rings. The molecule has 3 heterocycles. The molecular formula is C14H9FN4. The van der Waals surface area contributed by atoms with Crippen LogP contribution in [0.5, 0.6) is 0 Å². The zero-order valence-electron chi connectivity index (χ0n) is 9.92. The second-order valence-electron chi connectivity index (χ2n) is 4.05. The average Bonchev–Trinajstić information content (AvgIpc) is 2.79. The lowest BCUT2D eigenvalue weighted by molar-refractivity contribution is 0.618. The van der Waals surface area contributed by atoms with Gasteiger partial charge in [0.2, 0.25) is 0 Å². The first-order valence-corrected chi connectivity index (χ1v) is 5.73. The Morgan fingerprint density at radius 2 is 2.00 bits per heavy atom. The fourth-order valence-electron chi connectivity index (χ4n) is 2.05. The minimum absolute atomic E-state index is 0.169. The van der Waals surface area contributed by atoms with Gasteiger partial charge in [-0.3, -0.25) is 9.38 Å². The molecule has 3 aromatic heterocycles. The molecular weight excluding hydrogens is 243 g/mol. The zero-order valence-corrected chi connectivity index (χ0v) is 9.92.